The molecule has 16 heavy (non-hydrogen) atoms. The highest BCUT2D eigenvalue weighted by atomic mass is 16.5. The molecule has 0 saturated heterocycles. The van der Waals surface area contributed by atoms with Crippen molar-refractivity contribution in [2.24, 2.45) is 16.7 Å². The van der Waals surface area contributed by atoms with Gasteiger partial charge in [-0.05, 0) is 29.7 Å². The smallest absolute Gasteiger partial charge is 0.160 e. The van der Waals surface area contributed by atoms with Gasteiger partial charge in [-0.2, -0.15) is 0 Å². The standard InChI is InChI=1S/C14H22O2/c1-9-13(2,3)11-7-6-10(8-15)16-12(11)14(9,4)5/h8-10H,6-7H2,1-5H3. The number of ether oxygens (including phenoxy) is 1. The highest BCUT2D eigenvalue weighted by Crippen LogP contribution is 2.59. The summed E-state index contributed by atoms with van der Waals surface area (Å²) in [6, 6.07) is 0. The van der Waals surface area contributed by atoms with Crippen LogP contribution in [0, 0.1) is 16.7 Å². The molecule has 2 unspecified atom stereocenters. The van der Waals surface area contributed by atoms with Crippen molar-refractivity contribution >= 4 is 6.29 Å². The molecule has 0 fully saturated rings. The third-order valence-corrected chi connectivity index (χ3v) is 4.90. The predicted molar refractivity (Wildman–Crippen MR) is 63.9 cm³/mol. The molecule has 0 saturated carbocycles. The minimum atomic E-state index is -0.223. The number of aldehydes is 1. The van der Waals surface area contributed by atoms with Gasteiger partial charge >= 0.3 is 0 Å². The Morgan fingerprint density at radius 3 is 2.44 bits per heavy atom. The molecular weight excluding hydrogens is 200 g/mol. The third kappa shape index (κ3) is 1.35. The number of carbonyl (C=O) groups is 1. The van der Waals surface area contributed by atoms with Crippen LogP contribution in [-0.4, -0.2) is 12.4 Å². The molecule has 2 rings (SSSR count). The van der Waals surface area contributed by atoms with E-state index >= 15 is 0 Å². The number of rotatable bonds is 1. The van der Waals surface area contributed by atoms with Crippen LogP contribution < -0.4 is 0 Å². The molecule has 2 heteroatoms. The summed E-state index contributed by atoms with van der Waals surface area (Å²) in [7, 11) is 0. The van der Waals surface area contributed by atoms with Crippen molar-refractivity contribution in [1.29, 1.82) is 0 Å². The second-order valence-electron chi connectivity index (χ2n) is 6.30. The van der Waals surface area contributed by atoms with Gasteiger partial charge in [0.15, 0.2) is 12.4 Å². The Morgan fingerprint density at radius 2 is 1.88 bits per heavy atom. The molecule has 0 N–H and O–H groups in total. The largest absolute Gasteiger partial charge is 0.487 e. The summed E-state index contributed by atoms with van der Waals surface area (Å²) in [5.74, 6) is 1.64. The van der Waals surface area contributed by atoms with Crippen molar-refractivity contribution in [3.8, 4) is 0 Å². The summed E-state index contributed by atoms with van der Waals surface area (Å²) in [6.07, 6.45) is 2.57. The Labute approximate surface area is 98.1 Å². The first-order valence-electron chi connectivity index (χ1n) is 6.18. The van der Waals surface area contributed by atoms with E-state index in [1.165, 1.54) is 5.57 Å². The monoisotopic (exact) mass is 222 g/mol. The Balaban J connectivity index is 2.44. The maximum atomic E-state index is 10.9. The molecular formula is C14H22O2. The average molecular weight is 222 g/mol. The van der Waals surface area contributed by atoms with E-state index in [9.17, 15) is 4.79 Å². The van der Waals surface area contributed by atoms with Crippen molar-refractivity contribution in [1.82, 2.24) is 0 Å². The van der Waals surface area contributed by atoms with Crippen molar-refractivity contribution in [2.75, 3.05) is 0 Å². The summed E-state index contributed by atoms with van der Waals surface area (Å²) >= 11 is 0. The molecule has 0 aromatic carbocycles. The lowest BCUT2D eigenvalue weighted by Crippen LogP contribution is -2.28. The molecule has 0 aromatic rings. The van der Waals surface area contributed by atoms with E-state index in [4.69, 9.17) is 4.74 Å². The summed E-state index contributed by atoms with van der Waals surface area (Å²) in [4.78, 5) is 10.9. The number of hydrogen-bond acceptors (Lipinski definition) is 2. The molecule has 1 aliphatic heterocycles. The van der Waals surface area contributed by atoms with Crippen LogP contribution in [0.3, 0.4) is 0 Å². The van der Waals surface area contributed by atoms with E-state index in [1.807, 2.05) is 0 Å². The molecule has 90 valence electrons. The molecule has 2 aliphatic rings. The van der Waals surface area contributed by atoms with Gasteiger partial charge in [-0.15, -0.1) is 0 Å². The summed E-state index contributed by atoms with van der Waals surface area (Å²) in [5.41, 5.74) is 1.69. The Bertz CT molecular complexity index is 350. The van der Waals surface area contributed by atoms with Crippen molar-refractivity contribution in [2.45, 2.75) is 53.6 Å². The number of carbonyl (C=O) groups excluding carboxylic acids is 1. The van der Waals surface area contributed by atoms with Crippen LogP contribution in [0.2, 0.25) is 0 Å². The first-order chi connectivity index (χ1) is 7.31. The normalized spacial score (nSPS) is 35.6. The maximum absolute atomic E-state index is 10.9. The molecule has 0 amide bonds. The molecule has 0 aromatic heterocycles. The summed E-state index contributed by atoms with van der Waals surface area (Å²) in [6.45, 7) is 11.3. The predicted octanol–water partition coefficient (Wildman–Crippen LogP) is 3.32. The lowest BCUT2D eigenvalue weighted by atomic mass is 9.70. The SMILES string of the molecule is CC1C(C)(C)C2=C(OC(C=O)CC2)C1(C)C. The molecule has 0 bridgehead atoms. The Morgan fingerprint density at radius 1 is 1.25 bits per heavy atom. The first-order valence-corrected chi connectivity index (χ1v) is 6.18. The van der Waals surface area contributed by atoms with Gasteiger partial charge in [0, 0.05) is 5.41 Å². The fourth-order valence-corrected chi connectivity index (χ4v) is 3.29. The minimum absolute atomic E-state index is 0.0561. The van der Waals surface area contributed by atoms with Crippen LogP contribution in [0.25, 0.3) is 0 Å². The summed E-state index contributed by atoms with van der Waals surface area (Å²) < 4.78 is 5.89. The Kier molecular flexibility index (Phi) is 2.45. The van der Waals surface area contributed by atoms with Gasteiger partial charge in [0.05, 0.1) is 0 Å². The quantitative estimate of drug-likeness (QED) is 0.636. The molecule has 0 radical (unpaired) electrons. The van der Waals surface area contributed by atoms with Crippen LogP contribution in [0.15, 0.2) is 11.3 Å². The highest BCUT2D eigenvalue weighted by molar-refractivity contribution is 5.57. The Hall–Kier alpha value is -0.790. The van der Waals surface area contributed by atoms with E-state index in [0.29, 0.717) is 5.92 Å². The van der Waals surface area contributed by atoms with Crippen molar-refractivity contribution in [3.63, 3.8) is 0 Å². The van der Waals surface area contributed by atoms with Gasteiger partial charge in [-0.1, -0.05) is 34.6 Å². The van der Waals surface area contributed by atoms with Crippen LogP contribution in [0.1, 0.15) is 47.5 Å². The van der Waals surface area contributed by atoms with Crippen molar-refractivity contribution in [3.05, 3.63) is 11.3 Å². The maximum Gasteiger partial charge on any atom is 0.160 e. The average Bonchev–Trinajstić information content (AvgIpc) is 2.38. The van der Waals surface area contributed by atoms with E-state index in [0.717, 1.165) is 24.9 Å². The zero-order valence-corrected chi connectivity index (χ0v) is 11.0. The van der Waals surface area contributed by atoms with Gasteiger partial charge in [0.1, 0.15) is 5.76 Å². The van der Waals surface area contributed by atoms with Gasteiger partial charge in [0.25, 0.3) is 0 Å². The molecule has 2 nitrogen and oxygen atoms in total. The van der Waals surface area contributed by atoms with Gasteiger partial charge in [-0.25, -0.2) is 0 Å². The second kappa shape index (κ2) is 3.35. The number of hydrogen-bond donors (Lipinski definition) is 0. The fraction of sp³-hybridized carbons (Fsp3) is 0.786. The minimum Gasteiger partial charge on any atom is -0.487 e. The van der Waals surface area contributed by atoms with E-state index in [-0.39, 0.29) is 16.9 Å². The van der Waals surface area contributed by atoms with E-state index < -0.39 is 0 Å². The zero-order chi connectivity index (χ0) is 12.1. The van der Waals surface area contributed by atoms with Gasteiger partial charge in [-0.3, -0.25) is 4.79 Å². The van der Waals surface area contributed by atoms with E-state index in [2.05, 4.69) is 34.6 Å². The third-order valence-electron chi connectivity index (χ3n) is 4.90. The number of allylic oxidation sites excluding steroid dienone is 2. The van der Waals surface area contributed by atoms with Crippen molar-refractivity contribution < 1.29 is 9.53 Å². The molecule has 2 atom stereocenters. The molecule has 1 heterocycles. The van der Waals surface area contributed by atoms with Crippen LogP contribution in [0.4, 0.5) is 0 Å². The topological polar surface area (TPSA) is 26.3 Å². The molecule has 0 spiro atoms. The lowest BCUT2D eigenvalue weighted by Gasteiger charge is -2.34. The first kappa shape index (κ1) is 11.7. The zero-order valence-electron chi connectivity index (χ0n) is 11.0. The van der Waals surface area contributed by atoms with E-state index in [1.54, 1.807) is 0 Å². The summed E-state index contributed by atoms with van der Waals surface area (Å²) in [5, 5.41) is 0. The van der Waals surface area contributed by atoms with Gasteiger partial charge in [0.2, 0.25) is 0 Å². The lowest BCUT2D eigenvalue weighted by molar-refractivity contribution is -0.117. The second-order valence-corrected chi connectivity index (χ2v) is 6.30. The van der Waals surface area contributed by atoms with Gasteiger partial charge < -0.3 is 4.74 Å². The van der Waals surface area contributed by atoms with Crippen LogP contribution in [0.5, 0.6) is 0 Å². The fourth-order valence-electron chi connectivity index (χ4n) is 3.29. The van der Waals surface area contributed by atoms with Crippen LogP contribution >= 0.6 is 0 Å². The van der Waals surface area contributed by atoms with Crippen LogP contribution in [-0.2, 0) is 9.53 Å². The molecule has 1 aliphatic carbocycles. The highest BCUT2D eigenvalue weighted by Gasteiger charge is 2.53.